The Morgan fingerprint density at radius 1 is 0.769 bits per heavy atom. The maximum Gasteiger partial charge on any atom is 2.00 e. The maximum atomic E-state index is 5.76. The zero-order valence-electron chi connectivity index (χ0n) is 16.6. The fourth-order valence-electron chi connectivity index (χ4n) is 3.05. The molecule has 126 valence electrons. The summed E-state index contributed by atoms with van der Waals surface area (Å²) in [5, 5.41) is 4.92. The first-order chi connectivity index (χ1) is 12.2. The quantitative estimate of drug-likeness (QED) is 0.225. The van der Waals surface area contributed by atoms with Crippen LogP contribution in [0, 0.1) is 0 Å². The molecule has 0 saturated heterocycles. The second-order valence-electron chi connectivity index (χ2n) is 5.90. The number of anilines is 1. The van der Waals surface area contributed by atoms with Gasteiger partial charge in [0.25, 0.3) is 0 Å². The molecular weight excluding hydrogens is 367 g/mol. The zero-order chi connectivity index (χ0) is 17.2. The van der Waals surface area contributed by atoms with E-state index in [1.54, 1.807) is 11.8 Å². The van der Waals surface area contributed by atoms with Crippen LogP contribution in [0.4, 0.5) is 5.69 Å². The summed E-state index contributed by atoms with van der Waals surface area (Å²) in [5.41, 5.74) is 1.14. The minimum absolute atomic E-state index is 0. The van der Waals surface area contributed by atoms with Gasteiger partial charge in [0.2, 0.25) is 0 Å². The molecule has 0 aliphatic heterocycles. The molecule has 1 nitrogen and oxygen atoms in total. The van der Waals surface area contributed by atoms with Crippen molar-refractivity contribution in [1.82, 2.24) is 0 Å². The summed E-state index contributed by atoms with van der Waals surface area (Å²) in [5.74, 6) is 0. The molecule has 0 heterocycles. The number of nitrogens with zero attached hydrogens (tertiary/aromatic N) is 1. The number of hydrogen-bond acceptors (Lipinski definition) is 2. The van der Waals surface area contributed by atoms with E-state index < -0.39 is 0 Å². The Balaban J connectivity index is 0.00000131. The Morgan fingerprint density at radius 3 is 2.04 bits per heavy atom. The van der Waals surface area contributed by atoms with Gasteiger partial charge in [-0.3, -0.25) is 0 Å². The van der Waals surface area contributed by atoms with Crippen molar-refractivity contribution in [3.63, 3.8) is 0 Å². The number of fused-ring (bicyclic) bond motifs is 2. The second-order valence-corrected chi connectivity index (χ2v) is 7.58. The van der Waals surface area contributed by atoms with Crippen molar-refractivity contribution in [3.05, 3.63) is 84.9 Å². The first-order valence-electron chi connectivity index (χ1n) is 8.15. The van der Waals surface area contributed by atoms with Gasteiger partial charge in [0.05, 0.1) is 0 Å². The van der Waals surface area contributed by atoms with Crippen LogP contribution >= 0.6 is 24.0 Å². The maximum absolute atomic E-state index is 5.76. The van der Waals surface area contributed by atoms with E-state index in [0.29, 0.717) is 0 Å². The van der Waals surface area contributed by atoms with Crippen molar-refractivity contribution in [2.24, 2.45) is 0 Å². The van der Waals surface area contributed by atoms with Crippen molar-refractivity contribution in [3.8, 4) is 0 Å². The zero-order valence-corrected chi connectivity index (χ0v) is 17.6. The molecule has 4 aromatic rings. The van der Waals surface area contributed by atoms with Gasteiger partial charge in [-0.15, -0.1) is 0 Å². The van der Waals surface area contributed by atoms with Gasteiger partial charge in [-0.05, 0) is 28.3 Å². The Bertz CT molecular complexity index is 1080. The van der Waals surface area contributed by atoms with Crippen LogP contribution in [0.2, 0.25) is 0 Å². The second kappa shape index (κ2) is 8.40. The molecule has 0 aliphatic rings. The fraction of sp³-hybridized carbons (Fsp3) is 0.0455. The Morgan fingerprint density at radius 2 is 1.31 bits per heavy atom. The molecule has 0 N–H and O–H groups in total. The van der Waals surface area contributed by atoms with E-state index >= 15 is 0 Å². The molecule has 4 rings (SSSR count). The monoisotopic (exact) mass is 385 g/mol. The summed E-state index contributed by atoms with van der Waals surface area (Å²) in [6.07, 6.45) is 0. The van der Waals surface area contributed by atoms with E-state index in [1.807, 2.05) is 7.05 Å². The molecule has 0 aliphatic carbocycles. The van der Waals surface area contributed by atoms with E-state index in [1.165, 1.54) is 26.4 Å². The van der Waals surface area contributed by atoms with Crippen LogP contribution in [0.25, 0.3) is 21.5 Å². The van der Waals surface area contributed by atoms with Gasteiger partial charge in [0.1, 0.15) is 4.32 Å². The molecule has 4 heteroatoms. The topological polar surface area (TPSA) is 3.24 Å². The van der Waals surface area contributed by atoms with E-state index in [2.05, 4.69) is 89.8 Å². The van der Waals surface area contributed by atoms with Gasteiger partial charge < -0.3 is 7.75 Å². The van der Waals surface area contributed by atoms with Crippen molar-refractivity contribution >= 4 is 78.6 Å². The van der Waals surface area contributed by atoms with Gasteiger partial charge in [-0.2, -0.15) is 0 Å². The van der Waals surface area contributed by atoms with Crippen molar-refractivity contribution in [2.75, 3.05) is 11.9 Å². The van der Waals surface area contributed by atoms with Crippen LogP contribution in [-0.2, 0) is 0 Å². The minimum Gasteiger partial charge on any atom is -1.00 e. The molecule has 0 aromatic heterocycles. The SMILES string of the molecule is CN(C(=S)Sc1cccc2ccccc12)c1cccc2ccccc12.[H-].[H-].[Mg+2]. The third-order valence-corrected chi connectivity index (χ3v) is 5.90. The van der Waals surface area contributed by atoms with Crippen LogP contribution < -0.4 is 4.90 Å². The average Bonchev–Trinajstić information content (AvgIpc) is 2.67. The van der Waals surface area contributed by atoms with Gasteiger partial charge in [-0.1, -0.05) is 96.8 Å². The van der Waals surface area contributed by atoms with Crippen LogP contribution in [0.3, 0.4) is 0 Å². The molecule has 0 radical (unpaired) electrons. The van der Waals surface area contributed by atoms with Gasteiger partial charge in [0, 0.05) is 23.0 Å². The first kappa shape index (κ1) is 19.2. The smallest absolute Gasteiger partial charge is 1.00 e. The Labute approximate surface area is 182 Å². The minimum atomic E-state index is 0. The van der Waals surface area contributed by atoms with Crippen LogP contribution in [0.5, 0.6) is 0 Å². The number of thiocarbonyl (C=S) groups is 1. The number of hydrogen-bond donors (Lipinski definition) is 0. The predicted molar refractivity (Wildman–Crippen MR) is 123 cm³/mol. The molecule has 0 fully saturated rings. The molecule has 0 unspecified atom stereocenters. The molecule has 0 saturated carbocycles. The molecule has 0 amide bonds. The predicted octanol–water partition coefficient (Wildman–Crippen LogP) is 6.35. The Kier molecular flexibility index (Phi) is 6.19. The van der Waals surface area contributed by atoms with E-state index in [-0.39, 0.29) is 25.9 Å². The van der Waals surface area contributed by atoms with E-state index in [4.69, 9.17) is 12.2 Å². The molecule has 0 spiro atoms. The van der Waals surface area contributed by atoms with Gasteiger partial charge >= 0.3 is 23.1 Å². The van der Waals surface area contributed by atoms with E-state index in [0.717, 1.165) is 10.0 Å². The van der Waals surface area contributed by atoms with Crippen molar-refractivity contribution in [2.45, 2.75) is 4.90 Å². The Hall–Kier alpha value is -1.59. The van der Waals surface area contributed by atoms with E-state index in [9.17, 15) is 0 Å². The summed E-state index contributed by atoms with van der Waals surface area (Å²) in [6, 6.07) is 29.5. The van der Waals surface area contributed by atoms with Gasteiger partial charge in [0.15, 0.2) is 0 Å². The largest absolute Gasteiger partial charge is 2.00 e. The van der Waals surface area contributed by atoms with Crippen molar-refractivity contribution < 1.29 is 2.85 Å². The average molecular weight is 386 g/mol. The van der Waals surface area contributed by atoms with Crippen LogP contribution in [-0.4, -0.2) is 34.4 Å². The van der Waals surface area contributed by atoms with Crippen molar-refractivity contribution in [1.29, 1.82) is 0 Å². The summed E-state index contributed by atoms with van der Waals surface area (Å²) in [4.78, 5) is 3.29. The number of thioether (sulfide) groups is 1. The normalized spacial score (nSPS) is 10.5. The van der Waals surface area contributed by atoms with Crippen LogP contribution in [0.1, 0.15) is 2.85 Å². The summed E-state index contributed by atoms with van der Waals surface area (Å²) < 4.78 is 0.840. The van der Waals surface area contributed by atoms with Gasteiger partial charge in [-0.25, -0.2) is 0 Å². The molecule has 0 atom stereocenters. The van der Waals surface area contributed by atoms with Crippen LogP contribution in [0.15, 0.2) is 89.8 Å². The first-order valence-corrected chi connectivity index (χ1v) is 9.37. The number of rotatable bonds is 2. The number of benzene rings is 4. The molecule has 26 heavy (non-hydrogen) atoms. The summed E-state index contributed by atoms with van der Waals surface area (Å²) in [7, 11) is 2.04. The third kappa shape index (κ3) is 3.74. The molecular formula is C22H19MgNS2. The molecule has 0 bridgehead atoms. The molecule has 4 aromatic carbocycles. The fourth-order valence-corrected chi connectivity index (χ4v) is 4.28. The third-order valence-electron chi connectivity index (χ3n) is 4.35. The summed E-state index contributed by atoms with van der Waals surface area (Å²) in [6.45, 7) is 0. The standard InChI is InChI=1S/C22H17NS2.Mg.2H/c1-23(20-14-6-10-16-8-2-4-12-18(16)20)22(24)25-21-15-7-11-17-9-3-5-13-19(17)21;;;/h2-15H,1H3;;;/q;+2;2*-1. The summed E-state index contributed by atoms with van der Waals surface area (Å²) >= 11 is 7.40.